The molecule has 0 saturated heterocycles. The second-order valence-corrected chi connectivity index (χ2v) is 10.4. The van der Waals surface area contributed by atoms with Crippen LogP contribution in [0.15, 0.2) is 72.9 Å². The number of primary amides is 1. The Morgan fingerprint density at radius 1 is 1.00 bits per heavy atom. The molecule has 6 rings (SSSR count). The van der Waals surface area contributed by atoms with E-state index in [1.54, 1.807) is 65.5 Å². The molecule has 0 unspecified atom stereocenters. The first-order chi connectivity index (χ1) is 19.7. The first-order valence-corrected chi connectivity index (χ1v) is 13.4. The molecule has 2 aromatic carbocycles. The van der Waals surface area contributed by atoms with Gasteiger partial charge in [-0.3, -0.25) is 14.3 Å². The van der Waals surface area contributed by atoms with Crippen molar-refractivity contribution in [1.82, 2.24) is 19.7 Å². The number of thiophene rings is 1. The van der Waals surface area contributed by atoms with Crippen LogP contribution in [0.1, 0.15) is 37.8 Å². The van der Waals surface area contributed by atoms with Crippen molar-refractivity contribution in [3.63, 3.8) is 0 Å². The number of aromatic nitrogens is 4. The molecule has 0 aliphatic rings. The third kappa shape index (κ3) is 4.59. The fraction of sp³-hybridized carbons (Fsp3) is 0.100. The number of hydrogen-bond donors (Lipinski definition) is 2. The lowest BCUT2D eigenvalue weighted by Crippen LogP contribution is -2.17. The summed E-state index contributed by atoms with van der Waals surface area (Å²) in [5, 5.41) is 8.12. The lowest BCUT2D eigenvalue weighted by atomic mass is 10.0. The van der Waals surface area contributed by atoms with Gasteiger partial charge in [0, 0.05) is 29.1 Å². The molecule has 0 fully saturated rings. The molecule has 4 aromatic heterocycles. The Labute approximate surface area is 236 Å². The summed E-state index contributed by atoms with van der Waals surface area (Å²) in [6.45, 7) is 1.90. The lowest BCUT2D eigenvalue weighted by Gasteiger charge is -2.13. The minimum atomic E-state index is -2.84. The van der Waals surface area contributed by atoms with Gasteiger partial charge in [0.1, 0.15) is 15.4 Å². The highest BCUT2D eigenvalue weighted by molar-refractivity contribution is 7.21. The van der Waals surface area contributed by atoms with Crippen LogP contribution in [0, 0.1) is 6.92 Å². The van der Waals surface area contributed by atoms with Gasteiger partial charge in [-0.25, -0.2) is 18.7 Å². The zero-order chi connectivity index (χ0) is 28.8. The van der Waals surface area contributed by atoms with Crippen LogP contribution >= 0.6 is 11.3 Å². The average Bonchev–Trinajstić information content (AvgIpc) is 3.51. The fourth-order valence-electron chi connectivity index (χ4n) is 4.80. The first kappa shape index (κ1) is 26.2. The van der Waals surface area contributed by atoms with Gasteiger partial charge in [-0.05, 0) is 36.2 Å². The molecule has 0 aliphatic carbocycles. The lowest BCUT2D eigenvalue weighted by molar-refractivity contribution is 0.100. The molecule has 11 heteroatoms. The van der Waals surface area contributed by atoms with Gasteiger partial charge in [0.15, 0.2) is 0 Å². The van der Waals surface area contributed by atoms with Crippen molar-refractivity contribution in [2.45, 2.75) is 13.3 Å². The van der Waals surface area contributed by atoms with E-state index < -0.39 is 23.9 Å². The van der Waals surface area contributed by atoms with Gasteiger partial charge >= 0.3 is 0 Å². The van der Waals surface area contributed by atoms with Gasteiger partial charge in [-0.15, -0.1) is 11.3 Å². The number of carbonyl (C=O) groups excluding carboxylic acids is 2. The number of nitrogens with one attached hydrogen (secondary N) is 1. The standard InChI is InChI=1S/C30H22F2N6O2S/c1-15-20(14-34-38(15)2)22-13-19(17-10-6-7-11-21(17)35-22)29(40)37-25-24-18(16-8-4-3-5-9-16)12-23(27(31)32)36-30(24)41-26(25)28(33)39/h3-14,27H,1-2H3,(H2,33,39)(H,37,40). The van der Waals surface area contributed by atoms with Crippen molar-refractivity contribution in [3.8, 4) is 22.4 Å². The number of benzene rings is 2. The largest absolute Gasteiger partial charge is 0.365 e. The number of nitrogens with two attached hydrogens (primary N) is 1. The number of rotatable bonds is 6. The molecule has 204 valence electrons. The number of carbonyl (C=O) groups is 2. The van der Waals surface area contributed by atoms with E-state index in [1.807, 2.05) is 20.0 Å². The summed E-state index contributed by atoms with van der Waals surface area (Å²) < 4.78 is 29.3. The fourth-order valence-corrected chi connectivity index (χ4v) is 5.81. The van der Waals surface area contributed by atoms with Crippen LogP contribution < -0.4 is 11.1 Å². The van der Waals surface area contributed by atoms with E-state index in [-0.39, 0.29) is 15.4 Å². The Kier molecular flexibility index (Phi) is 6.50. The number of anilines is 1. The maximum absolute atomic E-state index is 14.0. The summed E-state index contributed by atoms with van der Waals surface area (Å²) in [5.74, 6) is -1.34. The van der Waals surface area contributed by atoms with Gasteiger partial charge in [-0.2, -0.15) is 5.10 Å². The van der Waals surface area contributed by atoms with E-state index in [0.29, 0.717) is 38.7 Å². The molecule has 6 aromatic rings. The van der Waals surface area contributed by atoms with E-state index >= 15 is 0 Å². The molecule has 0 aliphatic heterocycles. The van der Waals surface area contributed by atoms with Crippen LogP contribution in [0.5, 0.6) is 0 Å². The van der Waals surface area contributed by atoms with Gasteiger partial charge < -0.3 is 11.1 Å². The van der Waals surface area contributed by atoms with Crippen molar-refractivity contribution >= 4 is 50.0 Å². The van der Waals surface area contributed by atoms with Crippen LogP contribution in [0.3, 0.4) is 0 Å². The number of alkyl halides is 2. The molecule has 0 radical (unpaired) electrons. The molecular formula is C30H22F2N6O2S. The number of pyridine rings is 2. The second-order valence-electron chi connectivity index (χ2n) is 9.41. The molecule has 3 N–H and O–H groups in total. The van der Waals surface area contributed by atoms with Crippen molar-refractivity contribution in [3.05, 3.63) is 94.8 Å². The summed E-state index contributed by atoms with van der Waals surface area (Å²) in [6.07, 6.45) is -1.15. The second kappa shape index (κ2) is 10.2. The summed E-state index contributed by atoms with van der Waals surface area (Å²) in [7, 11) is 1.82. The number of hydrogen-bond acceptors (Lipinski definition) is 6. The molecule has 4 heterocycles. The van der Waals surface area contributed by atoms with E-state index in [1.165, 1.54) is 6.07 Å². The smallest absolute Gasteiger partial charge is 0.280 e. The molecule has 0 spiro atoms. The van der Waals surface area contributed by atoms with E-state index in [4.69, 9.17) is 10.7 Å². The third-order valence-corrected chi connectivity index (χ3v) is 8.02. The van der Waals surface area contributed by atoms with Crippen LogP contribution in [0.2, 0.25) is 0 Å². The quantitative estimate of drug-likeness (QED) is 0.238. The van der Waals surface area contributed by atoms with E-state index in [2.05, 4.69) is 15.4 Å². The van der Waals surface area contributed by atoms with E-state index in [0.717, 1.165) is 22.6 Å². The van der Waals surface area contributed by atoms with Gasteiger partial charge in [0.2, 0.25) is 0 Å². The topological polar surface area (TPSA) is 116 Å². The van der Waals surface area contributed by atoms with Crippen LogP contribution in [-0.2, 0) is 7.05 Å². The number of halogens is 2. The zero-order valence-electron chi connectivity index (χ0n) is 21.9. The minimum absolute atomic E-state index is 0.00568. The molecule has 0 saturated carbocycles. The Bertz CT molecular complexity index is 1980. The van der Waals surface area contributed by atoms with Crippen LogP contribution in [0.4, 0.5) is 14.5 Å². The van der Waals surface area contributed by atoms with Gasteiger partial charge in [-0.1, -0.05) is 48.5 Å². The van der Waals surface area contributed by atoms with Gasteiger partial charge in [0.25, 0.3) is 18.2 Å². The van der Waals surface area contributed by atoms with Crippen molar-refractivity contribution in [2.75, 3.05) is 5.32 Å². The Morgan fingerprint density at radius 3 is 2.41 bits per heavy atom. The number of fused-ring (bicyclic) bond motifs is 2. The number of para-hydroxylation sites is 1. The highest BCUT2D eigenvalue weighted by atomic mass is 32.1. The van der Waals surface area contributed by atoms with Crippen molar-refractivity contribution in [2.24, 2.45) is 12.8 Å². The summed E-state index contributed by atoms with van der Waals surface area (Å²) >= 11 is 0.861. The van der Waals surface area contributed by atoms with E-state index in [9.17, 15) is 18.4 Å². The maximum atomic E-state index is 14.0. The van der Waals surface area contributed by atoms with Crippen LogP contribution in [-0.4, -0.2) is 31.6 Å². The summed E-state index contributed by atoms with van der Waals surface area (Å²) in [5.41, 5.74) is 9.50. The number of aryl methyl sites for hydroxylation is 1. The molecule has 2 amide bonds. The minimum Gasteiger partial charge on any atom is -0.365 e. The van der Waals surface area contributed by atoms with Crippen molar-refractivity contribution in [1.29, 1.82) is 0 Å². The predicted octanol–water partition coefficient (Wildman–Crippen LogP) is 6.51. The van der Waals surface area contributed by atoms with Gasteiger partial charge in [0.05, 0.1) is 28.7 Å². The van der Waals surface area contributed by atoms with Crippen molar-refractivity contribution < 1.29 is 18.4 Å². The molecular weight excluding hydrogens is 546 g/mol. The summed E-state index contributed by atoms with van der Waals surface area (Å²) in [4.78, 5) is 35.6. The Hall–Kier alpha value is -5.03. The summed E-state index contributed by atoms with van der Waals surface area (Å²) in [6, 6.07) is 19.0. The monoisotopic (exact) mass is 568 g/mol. The highest BCUT2D eigenvalue weighted by Gasteiger charge is 2.26. The number of nitrogens with zero attached hydrogens (tertiary/aromatic N) is 4. The first-order valence-electron chi connectivity index (χ1n) is 12.5. The Morgan fingerprint density at radius 2 is 1.73 bits per heavy atom. The SMILES string of the molecule is Cc1c(-c2cc(C(=O)Nc3c(C(N)=O)sc4nc(C(F)F)cc(-c5ccccc5)c34)c3ccccc3n2)cnn1C. The molecule has 0 bridgehead atoms. The normalized spacial score (nSPS) is 11.4. The molecule has 41 heavy (non-hydrogen) atoms. The average molecular weight is 569 g/mol. The molecule has 0 atom stereocenters. The zero-order valence-corrected chi connectivity index (χ0v) is 22.7. The predicted molar refractivity (Wildman–Crippen MR) is 155 cm³/mol. The Balaban J connectivity index is 1.56. The third-order valence-electron chi connectivity index (χ3n) is 6.92. The molecule has 8 nitrogen and oxygen atoms in total. The number of amides is 2. The van der Waals surface area contributed by atoms with Crippen LogP contribution in [0.25, 0.3) is 43.5 Å². The highest BCUT2D eigenvalue weighted by Crippen LogP contribution is 2.43. The maximum Gasteiger partial charge on any atom is 0.280 e.